The molecule has 0 amide bonds. The van der Waals surface area contributed by atoms with Gasteiger partial charge in [-0.1, -0.05) is 32.1 Å². The van der Waals surface area contributed by atoms with Gasteiger partial charge in [0.05, 0.1) is 6.04 Å². The van der Waals surface area contributed by atoms with Crippen LogP contribution in [-0.2, 0) is 0 Å². The summed E-state index contributed by atoms with van der Waals surface area (Å²) in [6, 6.07) is 2.27. The zero-order chi connectivity index (χ0) is 12.7. The molecule has 0 radical (unpaired) electrons. The Labute approximate surface area is 116 Å². The minimum absolute atomic E-state index is 0.705. The average molecular weight is 261 g/mol. The molecule has 4 aliphatic rings. The molecule has 0 spiro atoms. The van der Waals surface area contributed by atoms with Gasteiger partial charge < -0.3 is 10.2 Å². The van der Waals surface area contributed by atoms with E-state index >= 15 is 0 Å². The quantitative estimate of drug-likeness (QED) is 0.786. The van der Waals surface area contributed by atoms with E-state index < -0.39 is 0 Å². The minimum atomic E-state index is 0.705. The lowest BCUT2D eigenvalue weighted by atomic mass is 9.80. The normalized spacial score (nSPS) is 39.3. The third kappa shape index (κ3) is 2.05. The van der Waals surface area contributed by atoms with Crippen LogP contribution in [0.1, 0.15) is 64.2 Å². The van der Waals surface area contributed by atoms with Crippen molar-refractivity contribution in [1.82, 2.24) is 10.2 Å². The molecule has 2 aliphatic heterocycles. The first-order valence-corrected chi connectivity index (χ1v) is 8.53. The number of aliphatic imine (C=N–C) groups is 1. The fraction of sp³-hybridized carbons (Fsp3) is 0.938. The van der Waals surface area contributed by atoms with Crippen molar-refractivity contribution in [3.8, 4) is 0 Å². The molecule has 0 aromatic rings. The molecular formula is C16H27N3. The Kier molecular flexibility index (Phi) is 3.16. The third-order valence-corrected chi connectivity index (χ3v) is 5.88. The molecule has 2 saturated carbocycles. The number of hydrogen-bond acceptors (Lipinski definition) is 3. The second-order valence-electron chi connectivity index (χ2n) is 6.97. The molecule has 3 heteroatoms. The second-order valence-corrected chi connectivity index (χ2v) is 6.97. The van der Waals surface area contributed by atoms with E-state index in [1.165, 1.54) is 70.2 Å². The van der Waals surface area contributed by atoms with Gasteiger partial charge in [-0.2, -0.15) is 0 Å². The third-order valence-electron chi connectivity index (χ3n) is 5.88. The molecule has 2 aliphatic carbocycles. The van der Waals surface area contributed by atoms with Crippen LogP contribution in [0.25, 0.3) is 0 Å². The summed E-state index contributed by atoms with van der Waals surface area (Å²) in [5.74, 6) is 2.21. The molecule has 2 heterocycles. The Bertz CT molecular complexity index is 359. The van der Waals surface area contributed by atoms with Crippen molar-refractivity contribution in [3.05, 3.63) is 0 Å². The summed E-state index contributed by atoms with van der Waals surface area (Å²) in [6.45, 7) is 1.06. The summed E-state index contributed by atoms with van der Waals surface area (Å²) in [6.07, 6.45) is 14.2. The number of hydrogen-bond donors (Lipinski definition) is 1. The van der Waals surface area contributed by atoms with Crippen LogP contribution < -0.4 is 5.32 Å². The fourth-order valence-electron chi connectivity index (χ4n) is 4.96. The van der Waals surface area contributed by atoms with Crippen molar-refractivity contribution in [1.29, 1.82) is 0 Å². The summed E-state index contributed by atoms with van der Waals surface area (Å²) in [4.78, 5) is 7.53. The molecule has 3 fully saturated rings. The molecule has 3 atom stereocenters. The van der Waals surface area contributed by atoms with Crippen LogP contribution in [0.3, 0.4) is 0 Å². The molecule has 19 heavy (non-hydrogen) atoms. The molecule has 3 nitrogen and oxygen atoms in total. The topological polar surface area (TPSA) is 27.6 Å². The Morgan fingerprint density at radius 1 is 0.842 bits per heavy atom. The second kappa shape index (κ2) is 4.99. The van der Waals surface area contributed by atoms with Gasteiger partial charge >= 0.3 is 0 Å². The molecule has 4 rings (SSSR count). The van der Waals surface area contributed by atoms with Gasteiger partial charge in [0, 0.05) is 18.6 Å². The smallest absolute Gasteiger partial charge is 0.194 e. The number of rotatable bonds is 1. The van der Waals surface area contributed by atoms with Crippen LogP contribution in [0.5, 0.6) is 0 Å². The van der Waals surface area contributed by atoms with Gasteiger partial charge in [-0.3, -0.25) is 4.99 Å². The highest BCUT2D eigenvalue weighted by Crippen LogP contribution is 2.38. The zero-order valence-corrected chi connectivity index (χ0v) is 12.0. The first kappa shape index (κ1) is 12.0. The van der Waals surface area contributed by atoms with Crippen molar-refractivity contribution in [3.63, 3.8) is 0 Å². The van der Waals surface area contributed by atoms with Crippen LogP contribution in [0.4, 0.5) is 0 Å². The van der Waals surface area contributed by atoms with E-state index in [2.05, 4.69) is 10.2 Å². The minimum Gasteiger partial charge on any atom is -0.351 e. The van der Waals surface area contributed by atoms with E-state index in [1.54, 1.807) is 0 Å². The van der Waals surface area contributed by atoms with Crippen molar-refractivity contribution >= 4 is 5.96 Å². The number of fused-ring (bicyclic) bond motifs is 3. The molecular weight excluding hydrogens is 234 g/mol. The SMILES string of the molecule is C1CCC(C2CCN=C3NC4CCCCC4N32)CC1. The van der Waals surface area contributed by atoms with E-state index in [0.717, 1.165) is 24.5 Å². The van der Waals surface area contributed by atoms with Crippen LogP contribution >= 0.6 is 0 Å². The maximum absolute atomic E-state index is 4.79. The van der Waals surface area contributed by atoms with Gasteiger partial charge in [-0.25, -0.2) is 0 Å². The maximum atomic E-state index is 4.79. The molecule has 0 bridgehead atoms. The average Bonchev–Trinajstić information content (AvgIpc) is 2.86. The van der Waals surface area contributed by atoms with E-state index in [4.69, 9.17) is 4.99 Å². The summed E-state index contributed by atoms with van der Waals surface area (Å²) < 4.78 is 0. The molecule has 0 aromatic heterocycles. The fourth-order valence-corrected chi connectivity index (χ4v) is 4.96. The molecule has 1 saturated heterocycles. The van der Waals surface area contributed by atoms with Crippen LogP contribution in [0.2, 0.25) is 0 Å². The van der Waals surface area contributed by atoms with Gasteiger partial charge in [0.2, 0.25) is 0 Å². The molecule has 0 aromatic carbocycles. The van der Waals surface area contributed by atoms with Gasteiger partial charge in [-0.15, -0.1) is 0 Å². The van der Waals surface area contributed by atoms with Crippen molar-refractivity contribution < 1.29 is 0 Å². The largest absolute Gasteiger partial charge is 0.351 e. The zero-order valence-electron chi connectivity index (χ0n) is 12.0. The lowest BCUT2D eigenvalue weighted by molar-refractivity contribution is 0.121. The summed E-state index contributed by atoms with van der Waals surface area (Å²) in [5.41, 5.74) is 0. The lowest BCUT2D eigenvalue weighted by Gasteiger charge is -2.43. The summed E-state index contributed by atoms with van der Waals surface area (Å²) in [7, 11) is 0. The van der Waals surface area contributed by atoms with Gasteiger partial charge in [0.15, 0.2) is 5.96 Å². The highest BCUT2D eigenvalue weighted by atomic mass is 15.4. The lowest BCUT2D eigenvalue weighted by Crippen LogP contribution is -2.51. The van der Waals surface area contributed by atoms with Gasteiger partial charge in [-0.05, 0) is 38.0 Å². The highest BCUT2D eigenvalue weighted by Gasteiger charge is 2.45. The Balaban J connectivity index is 1.57. The molecule has 3 unspecified atom stereocenters. The number of nitrogens with zero attached hydrogens (tertiary/aromatic N) is 2. The molecule has 106 valence electrons. The first-order chi connectivity index (χ1) is 9.43. The van der Waals surface area contributed by atoms with Crippen LogP contribution in [0.15, 0.2) is 4.99 Å². The van der Waals surface area contributed by atoms with Gasteiger partial charge in [0.1, 0.15) is 0 Å². The Morgan fingerprint density at radius 3 is 2.53 bits per heavy atom. The first-order valence-electron chi connectivity index (χ1n) is 8.53. The predicted octanol–water partition coefficient (Wildman–Crippen LogP) is 2.91. The monoisotopic (exact) mass is 261 g/mol. The van der Waals surface area contributed by atoms with Crippen LogP contribution in [0, 0.1) is 5.92 Å². The number of guanidine groups is 1. The van der Waals surface area contributed by atoms with E-state index in [-0.39, 0.29) is 0 Å². The van der Waals surface area contributed by atoms with Gasteiger partial charge in [0.25, 0.3) is 0 Å². The van der Waals surface area contributed by atoms with E-state index in [1.807, 2.05) is 0 Å². The van der Waals surface area contributed by atoms with Crippen molar-refractivity contribution in [2.24, 2.45) is 10.9 Å². The highest BCUT2D eigenvalue weighted by molar-refractivity contribution is 5.84. The number of nitrogens with one attached hydrogen (secondary N) is 1. The van der Waals surface area contributed by atoms with Crippen molar-refractivity contribution in [2.75, 3.05) is 6.54 Å². The predicted molar refractivity (Wildman–Crippen MR) is 78.3 cm³/mol. The Morgan fingerprint density at radius 2 is 1.63 bits per heavy atom. The maximum Gasteiger partial charge on any atom is 0.194 e. The summed E-state index contributed by atoms with van der Waals surface area (Å²) in [5, 5.41) is 3.74. The molecule has 1 N–H and O–H groups in total. The van der Waals surface area contributed by atoms with E-state index in [0.29, 0.717) is 6.04 Å². The van der Waals surface area contributed by atoms with Crippen LogP contribution in [-0.4, -0.2) is 35.5 Å². The Hall–Kier alpha value is -0.730. The standard InChI is InChI=1S/C16H27N3/c1-2-6-12(7-3-1)14-10-11-17-16-18-13-8-4-5-9-15(13)19(14)16/h12-15H,1-11H2,(H,17,18). The van der Waals surface area contributed by atoms with E-state index in [9.17, 15) is 0 Å². The summed E-state index contributed by atoms with van der Waals surface area (Å²) >= 11 is 0. The van der Waals surface area contributed by atoms with Crippen molar-refractivity contribution in [2.45, 2.75) is 82.3 Å².